The monoisotopic (exact) mass is 211 g/mol. The van der Waals surface area contributed by atoms with Crippen LogP contribution < -0.4 is 5.73 Å². The van der Waals surface area contributed by atoms with Crippen LogP contribution in [0.5, 0.6) is 0 Å². The van der Waals surface area contributed by atoms with Gasteiger partial charge in [0.2, 0.25) is 0 Å². The number of nitrogens with two attached hydrogens (primary N) is 1. The highest BCUT2D eigenvalue weighted by atomic mass is 19.1. The Morgan fingerprint density at radius 3 is 2.60 bits per heavy atom. The first-order chi connectivity index (χ1) is 7.00. The Labute approximate surface area is 89.9 Å². The molecule has 0 radical (unpaired) electrons. The van der Waals surface area contributed by atoms with Gasteiger partial charge in [0, 0.05) is 11.3 Å². The van der Waals surface area contributed by atoms with Crippen molar-refractivity contribution in [3.05, 3.63) is 29.6 Å². The molecule has 1 aromatic rings. The largest absolute Gasteiger partial charge is 0.398 e. The smallest absolute Gasteiger partial charge is 0.123 e. The normalized spacial score (nSPS) is 13.1. The van der Waals surface area contributed by atoms with Crippen LogP contribution in [0.2, 0.25) is 0 Å². The molecule has 0 aliphatic carbocycles. The summed E-state index contributed by atoms with van der Waals surface area (Å²) in [5.74, 6) is 0.164. The number of hydrogen-bond acceptors (Lipinski definition) is 2. The maximum atomic E-state index is 12.9. The first-order valence-electron chi connectivity index (χ1n) is 5.23. The quantitative estimate of drug-likeness (QED) is 0.752. The number of hydrogen-bond donors (Lipinski definition) is 2. The molecule has 1 rings (SSSR count). The number of aliphatic hydroxyl groups excluding tert-OH is 1. The summed E-state index contributed by atoms with van der Waals surface area (Å²) in [6.07, 6.45) is 0.853. The highest BCUT2D eigenvalue weighted by molar-refractivity contribution is 5.47. The van der Waals surface area contributed by atoms with E-state index in [1.165, 1.54) is 18.2 Å². The minimum atomic E-state index is -0.664. The zero-order chi connectivity index (χ0) is 11.4. The molecule has 0 spiro atoms. The third-order valence-electron chi connectivity index (χ3n) is 2.43. The summed E-state index contributed by atoms with van der Waals surface area (Å²) in [4.78, 5) is 0. The van der Waals surface area contributed by atoms with E-state index in [2.05, 4.69) is 13.8 Å². The van der Waals surface area contributed by atoms with Crippen molar-refractivity contribution in [1.29, 1.82) is 0 Å². The van der Waals surface area contributed by atoms with Gasteiger partial charge in [-0.3, -0.25) is 0 Å². The minimum Gasteiger partial charge on any atom is -0.398 e. The molecule has 15 heavy (non-hydrogen) atoms. The lowest BCUT2D eigenvalue weighted by Gasteiger charge is -2.14. The van der Waals surface area contributed by atoms with Crippen molar-refractivity contribution in [2.75, 3.05) is 5.73 Å². The van der Waals surface area contributed by atoms with Gasteiger partial charge in [0.05, 0.1) is 6.10 Å². The van der Waals surface area contributed by atoms with Gasteiger partial charge >= 0.3 is 0 Å². The van der Waals surface area contributed by atoms with Crippen LogP contribution in [-0.2, 0) is 0 Å². The van der Waals surface area contributed by atoms with Gasteiger partial charge in [-0.1, -0.05) is 13.8 Å². The van der Waals surface area contributed by atoms with Crippen molar-refractivity contribution in [2.24, 2.45) is 5.92 Å². The van der Waals surface area contributed by atoms with Crippen LogP contribution in [0.4, 0.5) is 10.1 Å². The molecule has 0 aromatic heterocycles. The highest BCUT2D eigenvalue weighted by Gasteiger charge is 2.12. The molecule has 0 aliphatic rings. The van der Waals surface area contributed by atoms with E-state index in [4.69, 9.17) is 5.73 Å². The fraction of sp³-hybridized carbons (Fsp3) is 0.500. The summed E-state index contributed by atoms with van der Waals surface area (Å²) in [7, 11) is 0. The molecule has 1 atom stereocenters. The predicted octanol–water partition coefficient (Wildman–Crippen LogP) is 2.88. The molecule has 0 aliphatic heterocycles. The summed E-state index contributed by atoms with van der Waals surface area (Å²) >= 11 is 0. The van der Waals surface area contributed by atoms with E-state index in [-0.39, 0.29) is 5.82 Å². The van der Waals surface area contributed by atoms with E-state index in [1.807, 2.05) is 0 Å². The Hall–Kier alpha value is -1.09. The van der Waals surface area contributed by atoms with E-state index in [1.54, 1.807) is 0 Å². The lowest BCUT2D eigenvalue weighted by Crippen LogP contribution is -2.04. The van der Waals surface area contributed by atoms with Gasteiger partial charge in [0.25, 0.3) is 0 Å². The van der Waals surface area contributed by atoms with Crippen molar-refractivity contribution in [3.63, 3.8) is 0 Å². The first kappa shape index (κ1) is 12.0. The van der Waals surface area contributed by atoms with Gasteiger partial charge in [-0.05, 0) is 37.0 Å². The Morgan fingerprint density at radius 1 is 1.33 bits per heavy atom. The Kier molecular flexibility index (Phi) is 4.09. The Morgan fingerprint density at radius 2 is 2.00 bits per heavy atom. The summed E-state index contributed by atoms with van der Waals surface area (Å²) in [5.41, 5.74) is 6.62. The lowest BCUT2D eigenvalue weighted by molar-refractivity contribution is 0.159. The predicted molar refractivity (Wildman–Crippen MR) is 59.8 cm³/mol. The summed E-state index contributed by atoms with van der Waals surface area (Å²) in [5, 5.41) is 9.83. The van der Waals surface area contributed by atoms with Gasteiger partial charge in [-0.15, -0.1) is 0 Å². The molecule has 0 fully saturated rings. The van der Waals surface area contributed by atoms with Gasteiger partial charge in [0.1, 0.15) is 5.82 Å². The van der Waals surface area contributed by atoms with Gasteiger partial charge in [-0.25, -0.2) is 4.39 Å². The topological polar surface area (TPSA) is 46.2 Å². The Bertz CT molecular complexity index is 325. The zero-order valence-electron chi connectivity index (χ0n) is 9.20. The molecule has 0 saturated carbocycles. The zero-order valence-corrected chi connectivity index (χ0v) is 9.20. The number of aliphatic hydroxyl groups is 1. The van der Waals surface area contributed by atoms with Gasteiger partial charge in [-0.2, -0.15) is 0 Å². The second kappa shape index (κ2) is 5.12. The number of benzene rings is 1. The van der Waals surface area contributed by atoms with Crippen LogP contribution in [0.3, 0.4) is 0 Å². The maximum absolute atomic E-state index is 12.9. The third-order valence-corrected chi connectivity index (χ3v) is 2.43. The fourth-order valence-electron chi connectivity index (χ4n) is 1.48. The molecule has 1 unspecified atom stereocenters. The van der Waals surface area contributed by atoms with Gasteiger partial charge in [0.15, 0.2) is 0 Å². The number of anilines is 1. The van der Waals surface area contributed by atoms with Crippen LogP contribution in [-0.4, -0.2) is 5.11 Å². The highest BCUT2D eigenvalue weighted by Crippen LogP contribution is 2.26. The van der Waals surface area contributed by atoms with Crippen molar-refractivity contribution in [2.45, 2.75) is 32.8 Å². The molecule has 0 amide bonds. The van der Waals surface area contributed by atoms with E-state index >= 15 is 0 Å². The molecule has 3 heteroatoms. The van der Waals surface area contributed by atoms with E-state index in [9.17, 15) is 9.50 Å². The van der Waals surface area contributed by atoms with Crippen LogP contribution in [0.15, 0.2) is 18.2 Å². The molecular formula is C12H18FNO. The van der Waals surface area contributed by atoms with Crippen LogP contribution in [0.25, 0.3) is 0 Å². The van der Waals surface area contributed by atoms with E-state index in [0.29, 0.717) is 23.6 Å². The molecule has 1 aromatic carbocycles. The average molecular weight is 211 g/mol. The standard InChI is InChI=1S/C12H18FNO/c1-8(2)3-6-12(15)10-7-9(13)4-5-11(10)14/h4-5,7-8,12,15H,3,6,14H2,1-2H3. The van der Waals surface area contributed by atoms with E-state index in [0.717, 1.165) is 6.42 Å². The third kappa shape index (κ3) is 3.51. The van der Waals surface area contributed by atoms with Crippen molar-refractivity contribution in [3.8, 4) is 0 Å². The van der Waals surface area contributed by atoms with Crippen LogP contribution >= 0.6 is 0 Å². The van der Waals surface area contributed by atoms with Crippen molar-refractivity contribution in [1.82, 2.24) is 0 Å². The number of halogens is 1. The second-order valence-corrected chi connectivity index (χ2v) is 4.26. The lowest BCUT2D eigenvalue weighted by atomic mass is 9.99. The van der Waals surface area contributed by atoms with Crippen LogP contribution in [0, 0.1) is 11.7 Å². The van der Waals surface area contributed by atoms with Crippen LogP contribution in [0.1, 0.15) is 38.4 Å². The average Bonchev–Trinajstić information content (AvgIpc) is 2.18. The summed E-state index contributed by atoms with van der Waals surface area (Å²) in [6.45, 7) is 4.17. The molecule has 84 valence electrons. The van der Waals surface area contributed by atoms with Gasteiger partial charge < -0.3 is 10.8 Å². The molecule has 3 N–H and O–H groups in total. The summed E-state index contributed by atoms with van der Waals surface area (Å²) < 4.78 is 12.9. The molecular weight excluding hydrogens is 193 g/mol. The number of nitrogen functional groups attached to an aromatic ring is 1. The second-order valence-electron chi connectivity index (χ2n) is 4.26. The number of rotatable bonds is 4. The molecule has 2 nitrogen and oxygen atoms in total. The summed E-state index contributed by atoms with van der Waals surface area (Å²) in [6, 6.07) is 4.09. The Balaban J connectivity index is 2.72. The first-order valence-corrected chi connectivity index (χ1v) is 5.23. The fourth-order valence-corrected chi connectivity index (χ4v) is 1.48. The van der Waals surface area contributed by atoms with E-state index < -0.39 is 6.10 Å². The van der Waals surface area contributed by atoms with Crippen molar-refractivity contribution < 1.29 is 9.50 Å². The minimum absolute atomic E-state index is 0.359. The maximum Gasteiger partial charge on any atom is 0.123 e. The SMILES string of the molecule is CC(C)CCC(O)c1cc(F)ccc1N. The molecule has 0 heterocycles. The molecule has 0 bridgehead atoms. The molecule has 0 saturated heterocycles. The van der Waals surface area contributed by atoms with Crippen molar-refractivity contribution >= 4 is 5.69 Å².